The maximum absolute atomic E-state index is 12.0. The number of hydrogen-bond acceptors (Lipinski definition) is 4. The Kier molecular flexibility index (Phi) is 6.04. The molecule has 1 aromatic heterocycles. The Hall–Kier alpha value is -1.56. The summed E-state index contributed by atoms with van der Waals surface area (Å²) in [7, 11) is 1.83. The zero-order valence-corrected chi connectivity index (χ0v) is 14.8. The molecular weight excluding hydrogens is 337 g/mol. The summed E-state index contributed by atoms with van der Waals surface area (Å²) in [5, 5.41) is 7.61. The Morgan fingerprint density at radius 3 is 2.78 bits per heavy atom. The summed E-state index contributed by atoms with van der Waals surface area (Å²) < 4.78 is 5.09. The molecule has 0 spiro atoms. The highest BCUT2D eigenvalue weighted by molar-refractivity contribution is 6.42. The smallest absolute Gasteiger partial charge is 0.240 e. The van der Waals surface area contributed by atoms with Crippen LogP contribution in [0, 0.1) is 0 Å². The minimum atomic E-state index is -0.183. The van der Waals surface area contributed by atoms with Crippen LogP contribution in [0.2, 0.25) is 10.0 Å². The Morgan fingerprint density at radius 1 is 1.39 bits per heavy atom. The fourth-order valence-corrected chi connectivity index (χ4v) is 2.44. The van der Waals surface area contributed by atoms with Crippen molar-refractivity contribution in [3.05, 3.63) is 45.6 Å². The predicted molar refractivity (Wildman–Crippen MR) is 92.0 cm³/mol. The largest absolute Gasteiger partial charge is 0.338 e. The molecule has 5 nitrogen and oxygen atoms in total. The Bertz CT molecular complexity index is 686. The van der Waals surface area contributed by atoms with E-state index < -0.39 is 0 Å². The van der Waals surface area contributed by atoms with Gasteiger partial charge in [0, 0.05) is 12.6 Å². The standard InChI is InChI=1S/C16H19Cl2N3O2/c1-10(2)13-7-15(23-20-13)19-14(22)9-21(3)8-11-5-4-6-12(17)16(11)18/h4-7,10H,8-9H2,1-3H3,(H,19,22). The summed E-state index contributed by atoms with van der Waals surface area (Å²) in [6, 6.07) is 7.18. The summed E-state index contributed by atoms with van der Waals surface area (Å²) in [6.45, 7) is 4.72. The number of anilines is 1. The van der Waals surface area contributed by atoms with Gasteiger partial charge in [0.15, 0.2) is 0 Å². The zero-order chi connectivity index (χ0) is 17.0. The molecule has 1 aromatic carbocycles. The average Bonchev–Trinajstić information content (AvgIpc) is 2.92. The molecule has 0 unspecified atom stereocenters. The minimum absolute atomic E-state index is 0.183. The molecule has 0 aliphatic rings. The lowest BCUT2D eigenvalue weighted by Gasteiger charge is -2.16. The van der Waals surface area contributed by atoms with E-state index in [9.17, 15) is 4.79 Å². The summed E-state index contributed by atoms with van der Waals surface area (Å²) in [4.78, 5) is 13.9. The third-order valence-corrected chi connectivity index (χ3v) is 4.13. The SMILES string of the molecule is CC(C)c1cc(NC(=O)CN(C)Cc2cccc(Cl)c2Cl)on1. The maximum Gasteiger partial charge on any atom is 0.240 e. The van der Waals surface area contributed by atoms with E-state index in [-0.39, 0.29) is 18.4 Å². The van der Waals surface area contributed by atoms with Gasteiger partial charge in [0.25, 0.3) is 0 Å². The van der Waals surface area contributed by atoms with E-state index in [1.165, 1.54) is 0 Å². The number of carbonyl (C=O) groups is 1. The molecule has 7 heteroatoms. The number of benzene rings is 1. The number of hydrogen-bond donors (Lipinski definition) is 1. The first-order valence-corrected chi connectivity index (χ1v) is 8.00. The molecule has 0 aliphatic heterocycles. The van der Waals surface area contributed by atoms with Gasteiger partial charge in [-0.1, -0.05) is 54.3 Å². The van der Waals surface area contributed by atoms with Gasteiger partial charge in [-0.25, -0.2) is 0 Å². The van der Waals surface area contributed by atoms with Gasteiger partial charge in [0.2, 0.25) is 11.8 Å². The molecule has 1 amide bonds. The van der Waals surface area contributed by atoms with Crippen LogP contribution >= 0.6 is 23.2 Å². The average molecular weight is 356 g/mol. The van der Waals surface area contributed by atoms with Crippen LogP contribution < -0.4 is 5.32 Å². The van der Waals surface area contributed by atoms with Crippen molar-refractivity contribution < 1.29 is 9.32 Å². The van der Waals surface area contributed by atoms with Crippen LogP contribution in [-0.2, 0) is 11.3 Å². The first-order valence-electron chi connectivity index (χ1n) is 7.24. The molecule has 0 radical (unpaired) electrons. The third-order valence-electron chi connectivity index (χ3n) is 3.27. The molecular formula is C16H19Cl2N3O2. The van der Waals surface area contributed by atoms with Crippen LogP contribution in [0.1, 0.15) is 31.0 Å². The van der Waals surface area contributed by atoms with Crippen molar-refractivity contribution in [1.29, 1.82) is 0 Å². The van der Waals surface area contributed by atoms with Crippen molar-refractivity contribution in [1.82, 2.24) is 10.1 Å². The van der Waals surface area contributed by atoms with E-state index in [0.29, 0.717) is 22.5 Å². The molecule has 1 heterocycles. The van der Waals surface area contributed by atoms with Gasteiger partial charge in [-0.2, -0.15) is 0 Å². The van der Waals surface area contributed by atoms with Crippen LogP contribution in [0.25, 0.3) is 0 Å². The van der Waals surface area contributed by atoms with Crippen molar-refractivity contribution in [3.8, 4) is 0 Å². The lowest BCUT2D eigenvalue weighted by Crippen LogP contribution is -2.29. The number of halogens is 2. The first kappa shape index (κ1) is 17.8. The topological polar surface area (TPSA) is 58.4 Å². The summed E-state index contributed by atoms with van der Waals surface area (Å²) >= 11 is 12.1. The fraction of sp³-hybridized carbons (Fsp3) is 0.375. The molecule has 0 bridgehead atoms. The van der Waals surface area contributed by atoms with E-state index in [1.807, 2.05) is 37.9 Å². The normalized spacial score (nSPS) is 11.3. The quantitative estimate of drug-likeness (QED) is 0.844. The van der Waals surface area contributed by atoms with Gasteiger partial charge in [0.1, 0.15) is 0 Å². The number of aromatic nitrogens is 1. The van der Waals surface area contributed by atoms with Crippen molar-refractivity contribution >= 4 is 35.0 Å². The van der Waals surface area contributed by atoms with Crippen molar-refractivity contribution in [2.75, 3.05) is 18.9 Å². The molecule has 2 aromatic rings. The second-order valence-electron chi connectivity index (χ2n) is 5.70. The Labute approximate surface area is 145 Å². The van der Waals surface area contributed by atoms with Crippen molar-refractivity contribution in [2.24, 2.45) is 0 Å². The lowest BCUT2D eigenvalue weighted by molar-refractivity contribution is -0.117. The predicted octanol–water partition coefficient (Wildman–Crippen LogP) is 4.18. The Morgan fingerprint density at radius 2 is 2.13 bits per heavy atom. The van der Waals surface area contributed by atoms with Gasteiger partial charge in [-0.3, -0.25) is 15.0 Å². The summed E-state index contributed by atoms with van der Waals surface area (Å²) in [5.41, 5.74) is 1.68. The third kappa shape index (κ3) is 4.96. The number of nitrogens with zero attached hydrogens (tertiary/aromatic N) is 2. The number of likely N-dealkylation sites (N-methyl/N-ethyl adjacent to an activating group) is 1. The first-order chi connectivity index (χ1) is 10.9. The number of carbonyl (C=O) groups excluding carboxylic acids is 1. The van der Waals surface area contributed by atoms with Gasteiger partial charge < -0.3 is 4.52 Å². The lowest BCUT2D eigenvalue weighted by atomic mass is 10.1. The van der Waals surface area contributed by atoms with Crippen LogP contribution in [0.3, 0.4) is 0 Å². The van der Waals surface area contributed by atoms with E-state index in [2.05, 4.69) is 10.5 Å². The second-order valence-corrected chi connectivity index (χ2v) is 6.49. The molecule has 0 atom stereocenters. The van der Waals surface area contributed by atoms with E-state index >= 15 is 0 Å². The highest BCUT2D eigenvalue weighted by Gasteiger charge is 2.13. The highest BCUT2D eigenvalue weighted by atomic mass is 35.5. The molecule has 0 fully saturated rings. The molecule has 23 heavy (non-hydrogen) atoms. The monoisotopic (exact) mass is 355 g/mol. The highest BCUT2D eigenvalue weighted by Crippen LogP contribution is 2.26. The number of nitrogens with one attached hydrogen (secondary N) is 1. The zero-order valence-electron chi connectivity index (χ0n) is 13.3. The molecule has 0 aliphatic carbocycles. The van der Waals surface area contributed by atoms with Gasteiger partial charge >= 0.3 is 0 Å². The number of amides is 1. The summed E-state index contributed by atoms with van der Waals surface area (Å²) in [6.07, 6.45) is 0. The summed E-state index contributed by atoms with van der Waals surface area (Å²) in [5.74, 6) is 0.419. The van der Waals surface area contributed by atoms with Crippen LogP contribution in [0.4, 0.5) is 5.88 Å². The van der Waals surface area contributed by atoms with Crippen LogP contribution in [0.5, 0.6) is 0 Å². The molecule has 0 saturated carbocycles. The van der Waals surface area contributed by atoms with E-state index in [1.54, 1.807) is 12.1 Å². The van der Waals surface area contributed by atoms with Crippen LogP contribution in [-0.4, -0.2) is 29.6 Å². The van der Waals surface area contributed by atoms with Crippen molar-refractivity contribution in [2.45, 2.75) is 26.3 Å². The molecule has 124 valence electrons. The second kappa shape index (κ2) is 7.81. The van der Waals surface area contributed by atoms with Gasteiger partial charge in [-0.05, 0) is 24.6 Å². The fourth-order valence-electron chi connectivity index (χ4n) is 2.06. The van der Waals surface area contributed by atoms with Gasteiger partial charge in [0.05, 0.1) is 22.3 Å². The van der Waals surface area contributed by atoms with Crippen LogP contribution in [0.15, 0.2) is 28.8 Å². The maximum atomic E-state index is 12.0. The molecule has 2 rings (SSSR count). The minimum Gasteiger partial charge on any atom is -0.338 e. The van der Waals surface area contributed by atoms with Gasteiger partial charge in [-0.15, -0.1) is 0 Å². The molecule has 1 N–H and O–H groups in total. The number of rotatable bonds is 6. The van der Waals surface area contributed by atoms with Crippen molar-refractivity contribution in [3.63, 3.8) is 0 Å². The Balaban J connectivity index is 1.90. The van der Waals surface area contributed by atoms with E-state index in [0.717, 1.165) is 11.3 Å². The molecule has 0 saturated heterocycles. The van der Waals surface area contributed by atoms with E-state index in [4.69, 9.17) is 27.7 Å².